The Morgan fingerprint density at radius 2 is 1.88 bits per heavy atom. The van der Waals surface area contributed by atoms with Gasteiger partial charge in [0.15, 0.2) is 5.96 Å². The Balaban J connectivity index is 0.00000289. The number of nitrogens with one attached hydrogen (secondary N) is 1. The zero-order valence-corrected chi connectivity index (χ0v) is 21.5. The fraction of sp³-hybridized carbons (Fsp3) is 0.696. The minimum absolute atomic E-state index is 0. The third kappa shape index (κ3) is 7.47. The highest BCUT2D eigenvalue weighted by atomic mass is 127. The summed E-state index contributed by atoms with van der Waals surface area (Å²) in [5.41, 5.74) is 1.13. The Kier molecular flexibility index (Phi) is 9.83. The van der Waals surface area contributed by atoms with Gasteiger partial charge < -0.3 is 19.9 Å². The third-order valence-corrected chi connectivity index (χ3v) is 6.36. The molecule has 3 fully saturated rings. The van der Waals surface area contributed by atoms with E-state index in [9.17, 15) is 4.79 Å². The summed E-state index contributed by atoms with van der Waals surface area (Å²) in [5.74, 6) is 2.61. The molecule has 3 heterocycles. The van der Waals surface area contributed by atoms with Gasteiger partial charge in [-0.1, -0.05) is 0 Å². The molecule has 2 aliphatic heterocycles. The Morgan fingerprint density at radius 1 is 1.12 bits per heavy atom. The number of carbonyl (C=O) groups excluding carboxylic acids is 1. The molecule has 1 aromatic rings. The van der Waals surface area contributed by atoms with Crippen molar-refractivity contribution in [1.29, 1.82) is 0 Å². The lowest BCUT2D eigenvalue weighted by Crippen LogP contribution is -2.54. The SMILES string of the molecule is CN=C(NCc1ccnc(OCC2CC2)c1)N1CCN(CC(=O)N2CCCCC2)CC1.I. The summed E-state index contributed by atoms with van der Waals surface area (Å²) in [5, 5.41) is 3.47. The maximum atomic E-state index is 12.5. The first-order chi connectivity index (χ1) is 15.2. The Bertz CT molecular complexity index is 759. The highest BCUT2D eigenvalue weighted by Gasteiger charge is 2.24. The average Bonchev–Trinajstić information content (AvgIpc) is 3.65. The van der Waals surface area contributed by atoms with E-state index < -0.39 is 0 Å². The van der Waals surface area contributed by atoms with Crippen LogP contribution in [0.2, 0.25) is 0 Å². The standard InChI is InChI=1S/C23H36N6O2.HI/c1-24-23(26-16-20-7-8-25-21(15-20)31-18-19-5-6-19)29-13-11-27(12-14-29)17-22(30)28-9-3-2-4-10-28;/h7-8,15,19H,2-6,9-14,16-18H2,1H3,(H,24,26);1H. The lowest BCUT2D eigenvalue weighted by molar-refractivity contribution is -0.133. The molecule has 0 bridgehead atoms. The molecule has 0 radical (unpaired) electrons. The molecule has 4 rings (SSSR count). The monoisotopic (exact) mass is 556 g/mol. The van der Waals surface area contributed by atoms with E-state index in [1.807, 2.05) is 24.1 Å². The second-order valence-electron chi connectivity index (χ2n) is 8.86. The van der Waals surface area contributed by atoms with Gasteiger partial charge in [0.05, 0.1) is 13.2 Å². The molecule has 0 unspecified atom stereocenters. The molecule has 1 aliphatic carbocycles. The van der Waals surface area contributed by atoms with Crippen molar-refractivity contribution in [2.75, 3.05) is 59.5 Å². The number of guanidine groups is 1. The van der Waals surface area contributed by atoms with Crippen LogP contribution in [0.15, 0.2) is 23.3 Å². The van der Waals surface area contributed by atoms with E-state index in [4.69, 9.17) is 4.74 Å². The van der Waals surface area contributed by atoms with Crippen molar-refractivity contribution in [2.45, 2.75) is 38.6 Å². The molecule has 0 atom stereocenters. The third-order valence-electron chi connectivity index (χ3n) is 6.36. The molecule has 9 heteroatoms. The number of ether oxygens (including phenoxy) is 1. The summed E-state index contributed by atoms with van der Waals surface area (Å²) < 4.78 is 5.79. The van der Waals surface area contributed by atoms with Gasteiger partial charge in [-0.2, -0.15) is 0 Å². The largest absolute Gasteiger partial charge is 0.477 e. The zero-order valence-electron chi connectivity index (χ0n) is 19.2. The van der Waals surface area contributed by atoms with Crippen molar-refractivity contribution in [3.05, 3.63) is 23.9 Å². The summed E-state index contributed by atoms with van der Waals surface area (Å²) in [6, 6.07) is 4.02. The first-order valence-electron chi connectivity index (χ1n) is 11.7. The minimum Gasteiger partial charge on any atom is -0.477 e. The zero-order chi connectivity index (χ0) is 21.5. The highest BCUT2D eigenvalue weighted by molar-refractivity contribution is 14.0. The highest BCUT2D eigenvalue weighted by Crippen LogP contribution is 2.29. The van der Waals surface area contributed by atoms with E-state index in [1.165, 1.54) is 19.3 Å². The van der Waals surface area contributed by atoms with Gasteiger partial charge in [-0.15, -0.1) is 24.0 Å². The molecular formula is C23H37IN6O2. The number of nitrogens with zero attached hydrogens (tertiary/aromatic N) is 5. The summed E-state index contributed by atoms with van der Waals surface area (Å²) >= 11 is 0. The van der Waals surface area contributed by atoms with Crippen LogP contribution >= 0.6 is 24.0 Å². The lowest BCUT2D eigenvalue weighted by atomic mass is 10.1. The normalized spacial score (nSPS) is 20.0. The van der Waals surface area contributed by atoms with Crippen molar-refractivity contribution in [3.8, 4) is 5.88 Å². The molecule has 2 saturated heterocycles. The van der Waals surface area contributed by atoms with Crippen LogP contribution in [0.25, 0.3) is 0 Å². The van der Waals surface area contributed by atoms with Crippen LogP contribution in [0.4, 0.5) is 0 Å². The van der Waals surface area contributed by atoms with Gasteiger partial charge in [0.25, 0.3) is 0 Å². The van der Waals surface area contributed by atoms with Crippen molar-refractivity contribution in [3.63, 3.8) is 0 Å². The van der Waals surface area contributed by atoms with Crippen LogP contribution in [0, 0.1) is 5.92 Å². The van der Waals surface area contributed by atoms with E-state index >= 15 is 0 Å². The topological polar surface area (TPSA) is 73.3 Å². The Labute approximate surface area is 208 Å². The Hall–Kier alpha value is -1.62. The van der Waals surface area contributed by atoms with Gasteiger partial charge >= 0.3 is 0 Å². The molecular weight excluding hydrogens is 519 g/mol. The molecule has 8 nitrogen and oxygen atoms in total. The van der Waals surface area contributed by atoms with Crippen LogP contribution in [0.1, 0.15) is 37.7 Å². The van der Waals surface area contributed by atoms with Crippen LogP contribution in [0.5, 0.6) is 5.88 Å². The van der Waals surface area contributed by atoms with Crippen LogP contribution in [-0.2, 0) is 11.3 Å². The minimum atomic E-state index is 0. The number of hydrogen-bond acceptors (Lipinski definition) is 5. The second-order valence-corrected chi connectivity index (χ2v) is 8.86. The fourth-order valence-electron chi connectivity index (χ4n) is 4.19. The van der Waals surface area contributed by atoms with E-state index in [0.717, 1.165) is 76.2 Å². The Morgan fingerprint density at radius 3 is 2.56 bits per heavy atom. The fourth-order valence-corrected chi connectivity index (χ4v) is 4.19. The van der Waals surface area contributed by atoms with Gasteiger partial charge in [-0.05, 0) is 49.7 Å². The summed E-state index contributed by atoms with van der Waals surface area (Å²) in [6.45, 7) is 7.37. The van der Waals surface area contributed by atoms with E-state index in [-0.39, 0.29) is 29.9 Å². The van der Waals surface area contributed by atoms with E-state index in [2.05, 4.69) is 25.1 Å². The number of pyridine rings is 1. The number of aliphatic imine (C=N–C) groups is 1. The number of piperidine rings is 1. The van der Waals surface area contributed by atoms with Crippen molar-refractivity contribution < 1.29 is 9.53 Å². The van der Waals surface area contributed by atoms with Gasteiger partial charge in [0, 0.05) is 65.1 Å². The predicted molar refractivity (Wildman–Crippen MR) is 137 cm³/mol. The number of halogens is 1. The quantitative estimate of drug-likeness (QED) is 0.316. The smallest absolute Gasteiger partial charge is 0.236 e. The first-order valence-corrected chi connectivity index (χ1v) is 11.7. The molecule has 32 heavy (non-hydrogen) atoms. The number of carbonyl (C=O) groups is 1. The molecule has 0 spiro atoms. The van der Waals surface area contributed by atoms with Crippen LogP contribution in [-0.4, -0.2) is 91.0 Å². The summed E-state index contributed by atoms with van der Waals surface area (Å²) in [7, 11) is 1.82. The molecule has 1 saturated carbocycles. The maximum Gasteiger partial charge on any atom is 0.236 e. The van der Waals surface area contributed by atoms with E-state index in [1.54, 1.807) is 6.20 Å². The molecule has 1 amide bonds. The van der Waals surface area contributed by atoms with Crippen molar-refractivity contribution >= 4 is 35.8 Å². The molecule has 0 aromatic carbocycles. The molecule has 3 aliphatic rings. The van der Waals surface area contributed by atoms with Crippen molar-refractivity contribution in [1.82, 2.24) is 25.0 Å². The van der Waals surface area contributed by atoms with Gasteiger partial charge in [0.1, 0.15) is 0 Å². The first kappa shape index (κ1) is 25.0. The number of rotatable bonds is 7. The van der Waals surface area contributed by atoms with Crippen LogP contribution < -0.4 is 10.1 Å². The molecule has 178 valence electrons. The maximum absolute atomic E-state index is 12.5. The number of aromatic nitrogens is 1. The number of likely N-dealkylation sites (tertiary alicyclic amines) is 1. The van der Waals surface area contributed by atoms with Crippen molar-refractivity contribution in [2.24, 2.45) is 10.9 Å². The predicted octanol–water partition coefficient (Wildman–Crippen LogP) is 2.19. The van der Waals surface area contributed by atoms with Gasteiger partial charge in [-0.3, -0.25) is 14.7 Å². The second kappa shape index (κ2) is 12.6. The molecule has 1 aromatic heterocycles. The van der Waals surface area contributed by atoms with E-state index in [0.29, 0.717) is 19.0 Å². The average molecular weight is 556 g/mol. The number of hydrogen-bond donors (Lipinski definition) is 1. The lowest BCUT2D eigenvalue weighted by Gasteiger charge is -2.37. The summed E-state index contributed by atoms with van der Waals surface area (Å²) in [6.07, 6.45) is 7.90. The number of piperazine rings is 1. The summed E-state index contributed by atoms with van der Waals surface area (Å²) in [4.78, 5) is 27.9. The van der Waals surface area contributed by atoms with Crippen LogP contribution in [0.3, 0.4) is 0 Å². The molecule has 1 N–H and O–H groups in total. The van der Waals surface area contributed by atoms with Gasteiger partial charge in [0.2, 0.25) is 11.8 Å². The number of amides is 1. The van der Waals surface area contributed by atoms with Gasteiger partial charge in [-0.25, -0.2) is 4.98 Å².